The van der Waals surface area contributed by atoms with Gasteiger partial charge in [-0.05, 0) is 30.7 Å². The van der Waals surface area contributed by atoms with Crippen LogP contribution in [0.1, 0.15) is 28.8 Å². The molecular weight excluding hydrogens is 264 g/mol. The van der Waals surface area contributed by atoms with Crippen molar-refractivity contribution in [3.05, 3.63) is 50.9 Å². The first kappa shape index (κ1) is 13.5. The van der Waals surface area contributed by atoms with Crippen molar-refractivity contribution >= 4 is 22.9 Å². The fourth-order valence-corrected chi connectivity index (χ4v) is 2.73. The van der Waals surface area contributed by atoms with Gasteiger partial charge in [-0.15, -0.1) is 11.3 Å². The maximum atomic E-state index is 5.87. The molecule has 0 amide bonds. The van der Waals surface area contributed by atoms with Crippen LogP contribution in [0.25, 0.3) is 0 Å². The van der Waals surface area contributed by atoms with E-state index < -0.39 is 0 Å². The molecule has 96 valence electrons. The van der Waals surface area contributed by atoms with E-state index in [9.17, 15) is 0 Å². The van der Waals surface area contributed by atoms with Crippen LogP contribution in [0.4, 0.5) is 0 Å². The van der Waals surface area contributed by atoms with E-state index in [1.165, 1.54) is 10.4 Å². The molecule has 0 fully saturated rings. The first-order chi connectivity index (χ1) is 8.78. The third-order valence-corrected chi connectivity index (χ3v) is 3.85. The van der Waals surface area contributed by atoms with Crippen molar-refractivity contribution in [2.45, 2.75) is 26.3 Å². The van der Waals surface area contributed by atoms with E-state index in [0.29, 0.717) is 0 Å². The van der Waals surface area contributed by atoms with E-state index in [1.807, 2.05) is 18.3 Å². The maximum Gasteiger partial charge on any atom is 0.0971 e. The van der Waals surface area contributed by atoms with Gasteiger partial charge in [-0.3, -0.25) is 0 Å². The van der Waals surface area contributed by atoms with Crippen molar-refractivity contribution in [1.29, 1.82) is 0 Å². The van der Waals surface area contributed by atoms with Gasteiger partial charge < -0.3 is 5.32 Å². The Morgan fingerprint density at radius 2 is 2.06 bits per heavy atom. The summed E-state index contributed by atoms with van der Waals surface area (Å²) in [6, 6.07) is 7.96. The van der Waals surface area contributed by atoms with Crippen LogP contribution in [0, 0.1) is 0 Å². The monoisotopic (exact) mass is 280 g/mol. The molecule has 1 N–H and O–H groups in total. The Labute approximate surface area is 117 Å². The molecule has 2 nitrogen and oxygen atoms in total. The summed E-state index contributed by atoms with van der Waals surface area (Å²) in [6.45, 7) is 4.15. The normalized spacial score (nSPS) is 10.8. The zero-order valence-electron chi connectivity index (χ0n) is 10.4. The lowest BCUT2D eigenvalue weighted by Gasteiger charge is -1.99. The molecule has 2 aromatic rings. The average Bonchev–Trinajstić information content (AvgIpc) is 2.80. The summed E-state index contributed by atoms with van der Waals surface area (Å²) in [5.41, 5.74) is 1.25. The zero-order valence-corrected chi connectivity index (χ0v) is 12.0. The molecular formula is C14H17ClN2S. The third kappa shape index (κ3) is 4.09. The summed E-state index contributed by atoms with van der Waals surface area (Å²) in [6.07, 6.45) is 4.02. The minimum Gasteiger partial charge on any atom is -0.312 e. The molecule has 0 aliphatic rings. The summed E-state index contributed by atoms with van der Waals surface area (Å²) < 4.78 is 0. The van der Waals surface area contributed by atoms with Crippen LogP contribution in [-0.4, -0.2) is 11.5 Å². The van der Waals surface area contributed by atoms with E-state index in [4.69, 9.17) is 11.6 Å². The zero-order chi connectivity index (χ0) is 12.8. The fourth-order valence-electron chi connectivity index (χ4n) is 1.68. The van der Waals surface area contributed by atoms with Gasteiger partial charge in [0.15, 0.2) is 0 Å². The van der Waals surface area contributed by atoms with Gasteiger partial charge in [-0.2, -0.15) is 0 Å². The van der Waals surface area contributed by atoms with Crippen molar-refractivity contribution in [1.82, 2.24) is 10.3 Å². The average molecular weight is 281 g/mol. The van der Waals surface area contributed by atoms with Crippen molar-refractivity contribution in [3.8, 4) is 0 Å². The third-order valence-electron chi connectivity index (χ3n) is 2.60. The molecule has 0 aliphatic heterocycles. The smallest absolute Gasteiger partial charge is 0.0971 e. The molecule has 4 heteroatoms. The summed E-state index contributed by atoms with van der Waals surface area (Å²) in [7, 11) is 0. The Morgan fingerprint density at radius 3 is 2.78 bits per heavy atom. The van der Waals surface area contributed by atoms with Gasteiger partial charge in [0, 0.05) is 29.1 Å². The predicted octanol–water partition coefficient (Wildman–Crippen LogP) is 3.89. The minimum absolute atomic E-state index is 0.780. The number of aromatic nitrogens is 1. The Morgan fingerprint density at radius 1 is 1.28 bits per heavy atom. The second kappa shape index (κ2) is 6.88. The van der Waals surface area contributed by atoms with Crippen LogP contribution >= 0.6 is 22.9 Å². The van der Waals surface area contributed by atoms with E-state index >= 15 is 0 Å². The van der Waals surface area contributed by atoms with Gasteiger partial charge in [0.1, 0.15) is 0 Å². The molecule has 18 heavy (non-hydrogen) atoms. The number of nitrogens with zero attached hydrogens (tertiary/aromatic N) is 1. The summed E-state index contributed by atoms with van der Waals surface area (Å²) in [5, 5.41) is 5.33. The second-order valence-corrected chi connectivity index (χ2v) is 5.84. The predicted molar refractivity (Wildman–Crippen MR) is 78.4 cm³/mol. The van der Waals surface area contributed by atoms with Crippen LogP contribution in [0.15, 0.2) is 30.5 Å². The highest BCUT2D eigenvalue weighted by molar-refractivity contribution is 7.11. The Bertz CT molecular complexity index is 479. The van der Waals surface area contributed by atoms with Gasteiger partial charge in [0.25, 0.3) is 0 Å². The van der Waals surface area contributed by atoms with Crippen LogP contribution in [0.2, 0.25) is 5.02 Å². The van der Waals surface area contributed by atoms with Crippen LogP contribution in [0.5, 0.6) is 0 Å². The van der Waals surface area contributed by atoms with E-state index in [2.05, 4.69) is 29.4 Å². The molecule has 0 saturated heterocycles. The first-order valence-corrected chi connectivity index (χ1v) is 7.36. The number of halogens is 1. The van der Waals surface area contributed by atoms with Gasteiger partial charge in [0.2, 0.25) is 0 Å². The highest BCUT2D eigenvalue weighted by Crippen LogP contribution is 2.18. The molecule has 0 radical (unpaired) electrons. The molecule has 0 saturated carbocycles. The lowest BCUT2D eigenvalue weighted by atomic mass is 10.2. The maximum absolute atomic E-state index is 5.87. The minimum atomic E-state index is 0.780. The van der Waals surface area contributed by atoms with Crippen molar-refractivity contribution in [2.24, 2.45) is 0 Å². The standard InChI is InChI=1S/C14H17ClN2S/c1-2-7-16-9-13-10-17-14(18-13)8-11-3-5-12(15)6-4-11/h3-6,10,16H,2,7-9H2,1H3. The number of thiazole rings is 1. The summed E-state index contributed by atoms with van der Waals surface area (Å²) >= 11 is 7.64. The van der Waals surface area contributed by atoms with Crippen LogP contribution < -0.4 is 5.32 Å². The quantitative estimate of drug-likeness (QED) is 0.812. The molecule has 0 unspecified atom stereocenters. The largest absolute Gasteiger partial charge is 0.312 e. The Kier molecular flexibility index (Phi) is 5.17. The number of nitrogens with one attached hydrogen (secondary N) is 1. The SMILES string of the molecule is CCCNCc1cnc(Cc2ccc(Cl)cc2)s1. The van der Waals surface area contributed by atoms with E-state index in [-0.39, 0.29) is 0 Å². The van der Waals surface area contributed by atoms with E-state index in [1.54, 1.807) is 11.3 Å². The van der Waals surface area contributed by atoms with Gasteiger partial charge >= 0.3 is 0 Å². The lowest BCUT2D eigenvalue weighted by Crippen LogP contribution is -2.12. The van der Waals surface area contributed by atoms with Crippen LogP contribution in [-0.2, 0) is 13.0 Å². The molecule has 1 heterocycles. The Balaban J connectivity index is 1.91. The molecule has 1 aromatic heterocycles. The fraction of sp³-hybridized carbons (Fsp3) is 0.357. The highest BCUT2D eigenvalue weighted by atomic mass is 35.5. The molecule has 2 rings (SSSR count). The lowest BCUT2D eigenvalue weighted by molar-refractivity contribution is 0.681. The molecule has 0 aliphatic carbocycles. The molecule has 0 bridgehead atoms. The summed E-state index contributed by atoms with van der Waals surface area (Å²) in [4.78, 5) is 5.76. The van der Waals surface area contributed by atoms with Gasteiger partial charge in [-0.1, -0.05) is 30.7 Å². The number of benzene rings is 1. The van der Waals surface area contributed by atoms with E-state index in [0.717, 1.165) is 36.0 Å². The van der Waals surface area contributed by atoms with Crippen molar-refractivity contribution in [2.75, 3.05) is 6.54 Å². The molecule has 0 atom stereocenters. The van der Waals surface area contributed by atoms with Crippen molar-refractivity contribution < 1.29 is 0 Å². The summed E-state index contributed by atoms with van der Waals surface area (Å²) in [5.74, 6) is 0. The van der Waals surface area contributed by atoms with Crippen LogP contribution in [0.3, 0.4) is 0 Å². The van der Waals surface area contributed by atoms with Gasteiger partial charge in [0.05, 0.1) is 5.01 Å². The Hall–Kier alpha value is -0.900. The number of hydrogen-bond donors (Lipinski definition) is 1. The number of rotatable bonds is 6. The topological polar surface area (TPSA) is 24.9 Å². The highest BCUT2D eigenvalue weighted by Gasteiger charge is 2.03. The van der Waals surface area contributed by atoms with Gasteiger partial charge in [-0.25, -0.2) is 4.98 Å². The number of hydrogen-bond acceptors (Lipinski definition) is 3. The molecule has 0 spiro atoms. The second-order valence-electron chi connectivity index (χ2n) is 4.20. The molecule has 1 aromatic carbocycles. The first-order valence-electron chi connectivity index (χ1n) is 6.16. The van der Waals surface area contributed by atoms with Crippen molar-refractivity contribution in [3.63, 3.8) is 0 Å².